The number of hydrogen-bond acceptors (Lipinski definition) is 7. The second kappa shape index (κ2) is 10.7. The SMILES string of the molecule is C[C@H](CCNC(=O)c1nc(CCS(=O)(=O)c2ccccc2)no1)N1CCCCCC1. The van der Waals surface area contributed by atoms with Crippen molar-refractivity contribution in [3.8, 4) is 0 Å². The number of nitrogens with one attached hydrogen (secondary N) is 1. The van der Waals surface area contributed by atoms with Crippen molar-refractivity contribution in [1.29, 1.82) is 0 Å². The first-order chi connectivity index (χ1) is 14.5. The van der Waals surface area contributed by atoms with Crippen molar-refractivity contribution in [2.24, 2.45) is 0 Å². The number of carbonyl (C=O) groups excluding carboxylic acids is 1. The van der Waals surface area contributed by atoms with Crippen molar-refractivity contribution in [2.45, 2.75) is 56.4 Å². The molecule has 1 amide bonds. The number of benzene rings is 1. The lowest BCUT2D eigenvalue weighted by molar-refractivity contribution is 0.0904. The summed E-state index contributed by atoms with van der Waals surface area (Å²) < 4.78 is 29.7. The number of aromatic nitrogens is 2. The van der Waals surface area contributed by atoms with Gasteiger partial charge in [0.1, 0.15) is 0 Å². The predicted molar refractivity (Wildman–Crippen MR) is 113 cm³/mol. The third kappa shape index (κ3) is 6.37. The highest BCUT2D eigenvalue weighted by Gasteiger charge is 2.20. The molecule has 0 unspecified atom stereocenters. The topological polar surface area (TPSA) is 105 Å². The number of likely N-dealkylation sites (tertiary alicyclic amines) is 1. The van der Waals surface area contributed by atoms with E-state index in [1.54, 1.807) is 30.3 Å². The van der Waals surface area contributed by atoms with Gasteiger partial charge in [-0.2, -0.15) is 4.98 Å². The molecule has 9 heteroatoms. The summed E-state index contributed by atoms with van der Waals surface area (Å²) in [5.41, 5.74) is 0. The molecular weight excluding hydrogens is 404 g/mol. The van der Waals surface area contributed by atoms with E-state index in [9.17, 15) is 13.2 Å². The smallest absolute Gasteiger partial charge is 0.315 e. The molecule has 1 atom stereocenters. The molecule has 1 aromatic carbocycles. The minimum absolute atomic E-state index is 0.0833. The fourth-order valence-corrected chi connectivity index (χ4v) is 4.87. The number of aryl methyl sites for hydroxylation is 1. The lowest BCUT2D eigenvalue weighted by Crippen LogP contribution is -2.37. The fraction of sp³-hybridized carbons (Fsp3) is 0.571. The quantitative estimate of drug-likeness (QED) is 0.646. The number of amides is 1. The molecule has 1 aliphatic rings. The van der Waals surface area contributed by atoms with E-state index in [1.807, 2.05) is 0 Å². The highest BCUT2D eigenvalue weighted by Crippen LogP contribution is 2.14. The molecule has 30 heavy (non-hydrogen) atoms. The van der Waals surface area contributed by atoms with Gasteiger partial charge in [0.2, 0.25) is 0 Å². The standard InChI is InChI=1S/C21H30N4O4S/c1-17(25-14-7-2-3-8-15-25)11-13-22-20(26)21-23-19(24-29-21)12-16-30(27,28)18-9-5-4-6-10-18/h4-6,9-10,17H,2-3,7-8,11-16H2,1H3,(H,22,26)/t17-/m1/s1. The van der Waals surface area contributed by atoms with Gasteiger partial charge in [0.15, 0.2) is 15.7 Å². The molecule has 1 fully saturated rings. The van der Waals surface area contributed by atoms with Gasteiger partial charge in [-0.25, -0.2) is 8.42 Å². The third-order valence-electron chi connectivity index (χ3n) is 5.47. The average molecular weight is 435 g/mol. The lowest BCUT2D eigenvalue weighted by Gasteiger charge is -2.27. The number of carbonyl (C=O) groups is 1. The summed E-state index contributed by atoms with van der Waals surface area (Å²) in [7, 11) is -3.43. The summed E-state index contributed by atoms with van der Waals surface area (Å²) in [6, 6.07) is 8.63. The first-order valence-electron chi connectivity index (χ1n) is 10.6. The monoisotopic (exact) mass is 434 g/mol. The molecule has 3 rings (SSSR count). The van der Waals surface area contributed by atoms with Crippen molar-refractivity contribution in [2.75, 3.05) is 25.4 Å². The molecule has 1 saturated heterocycles. The van der Waals surface area contributed by atoms with Crippen molar-refractivity contribution in [1.82, 2.24) is 20.4 Å². The number of rotatable bonds is 9. The van der Waals surface area contributed by atoms with E-state index in [0.29, 0.717) is 12.6 Å². The molecule has 164 valence electrons. The van der Waals surface area contributed by atoms with Crippen molar-refractivity contribution in [3.05, 3.63) is 42.0 Å². The molecule has 2 heterocycles. The number of hydrogen-bond donors (Lipinski definition) is 1. The zero-order chi connectivity index (χ0) is 21.4. The molecule has 8 nitrogen and oxygen atoms in total. The molecule has 0 spiro atoms. The molecule has 2 aromatic rings. The first-order valence-corrected chi connectivity index (χ1v) is 12.2. The second-order valence-electron chi connectivity index (χ2n) is 7.74. The minimum atomic E-state index is -3.43. The molecule has 0 aliphatic carbocycles. The Morgan fingerprint density at radius 3 is 2.57 bits per heavy atom. The number of nitrogens with zero attached hydrogens (tertiary/aromatic N) is 3. The Balaban J connectivity index is 1.44. The van der Waals surface area contributed by atoms with Gasteiger partial charge in [0.05, 0.1) is 10.6 Å². The van der Waals surface area contributed by atoms with Crippen LogP contribution in [0.25, 0.3) is 0 Å². The lowest BCUT2D eigenvalue weighted by atomic mass is 10.2. The molecular formula is C21H30N4O4S. The molecule has 0 bridgehead atoms. The van der Waals surface area contributed by atoms with Gasteiger partial charge >= 0.3 is 11.8 Å². The summed E-state index contributed by atoms with van der Waals surface area (Å²) in [6.07, 6.45) is 6.00. The predicted octanol–water partition coefficient (Wildman–Crippen LogP) is 2.47. The van der Waals surface area contributed by atoms with Gasteiger partial charge in [0, 0.05) is 19.0 Å². The van der Waals surface area contributed by atoms with E-state index in [1.165, 1.54) is 25.7 Å². The highest BCUT2D eigenvalue weighted by molar-refractivity contribution is 7.91. The van der Waals surface area contributed by atoms with Crippen LogP contribution in [0.4, 0.5) is 0 Å². The zero-order valence-corrected chi connectivity index (χ0v) is 18.2. The van der Waals surface area contributed by atoms with Crippen LogP contribution in [0.2, 0.25) is 0 Å². The van der Waals surface area contributed by atoms with Crippen LogP contribution in [0.1, 0.15) is 55.5 Å². The average Bonchev–Trinajstić information content (AvgIpc) is 3.06. The summed E-state index contributed by atoms with van der Waals surface area (Å²) in [6.45, 7) is 4.95. The molecule has 1 aliphatic heterocycles. The van der Waals surface area contributed by atoms with Crippen LogP contribution in [0.3, 0.4) is 0 Å². The third-order valence-corrected chi connectivity index (χ3v) is 7.20. The summed E-state index contributed by atoms with van der Waals surface area (Å²) in [5, 5.41) is 6.56. The van der Waals surface area contributed by atoms with Gasteiger partial charge in [-0.1, -0.05) is 36.2 Å². The largest absolute Gasteiger partial charge is 0.348 e. The normalized spacial score (nSPS) is 16.7. The van der Waals surface area contributed by atoms with Crippen LogP contribution < -0.4 is 5.32 Å². The van der Waals surface area contributed by atoms with Gasteiger partial charge in [-0.05, 0) is 51.4 Å². The molecule has 1 N–H and O–H groups in total. The maximum Gasteiger partial charge on any atom is 0.315 e. The van der Waals surface area contributed by atoms with Crippen molar-refractivity contribution >= 4 is 15.7 Å². The van der Waals surface area contributed by atoms with E-state index >= 15 is 0 Å². The zero-order valence-electron chi connectivity index (χ0n) is 17.4. The van der Waals surface area contributed by atoms with E-state index in [2.05, 4.69) is 27.3 Å². The maximum atomic E-state index is 12.3. The Labute approximate surface area is 178 Å². The van der Waals surface area contributed by atoms with Crippen LogP contribution in [-0.4, -0.2) is 60.8 Å². The van der Waals surface area contributed by atoms with Crippen LogP contribution in [0, 0.1) is 0 Å². The Morgan fingerprint density at radius 1 is 1.17 bits per heavy atom. The van der Waals surface area contributed by atoms with Crippen LogP contribution in [0.15, 0.2) is 39.8 Å². The Hall–Kier alpha value is -2.26. The Bertz CT molecular complexity index is 906. The van der Waals surface area contributed by atoms with Gasteiger partial charge in [-0.3, -0.25) is 4.79 Å². The molecule has 0 saturated carbocycles. The van der Waals surface area contributed by atoms with Crippen LogP contribution in [0.5, 0.6) is 0 Å². The maximum absolute atomic E-state index is 12.3. The van der Waals surface area contributed by atoms with Crippen LogP contribution in [-0.2, 0) is 16.3 Å². The van der Waals surface area contributed by atoms with Crippen molar-refractivity contribution in [3.63, 3.8) is 0 Å². The first kappa shape index (κ1) is 22.4. The minimum Gasteiger partial charge on any atom is -0.348 e. The molecule has 0 radical (unpaired) electrons. The highest BCUT2D eigenvalue weighted by atomic mass is 32.2. The van der Waals surface area contributed by atoms with E-state index in [-0.39, 0.29) is 28.8 Å². The second-order valence-corrected chi connectivity index (χ2v) is 9.85. The van der Waals surface area contributed by atoms with Crippen LogP contribution >= 0.6 is 0 Å². The summed E-state index contributed by atoms with van der Waals surface area (Å²) >= 11 is 0. The van der Waals surface area contributed by atoms with E-state index in [4.69, 9.17) is 4.52 Å². The number of sulfone groups is 1. The van der Waals surface area contributed by atoms with E-state index < -0.39 is 15.7 Å². The van der Waals surface area contributed by atoms with Gasteiger partial charge in [0.25, 0.3) is 0 Å². The van der Waals surface area contributed by atoms with Crippen molar-refractivity contribution < 1.29 is 17.7 Å². The van der Waals surface area contributed by atoms with Gasteiger partial charge in [-0.15, -0.1) is 0 Å². The summed E-state index contributed by atoms with van der Waals surface area (Å²) in [5.74, 6) is -0.504. The van der Waals surface area contributed by atoms with E-state index in [0.717, 1.165) is 19.5 Å². The fourth-order valence-electron chi connectivity index (χ4n) is 3.61. The van der Waals surface area contributed by atoms with Gasteiger partial charge < -0.3 is 14.7 Å². The molecule has 1 aromatic heterocycles. The summed E-state index contributed by atoms with van der Waals surface area (Å²) in [4.78, 5) is 19.0. The Morgan fingerprint density at radius 2 is 1.87 bits per heavy atom. The Kier molecular flexibility index (Phi) is 7.98.